The number of hydrogen-bond donors (Lipinski definition) is 1. The molecule has 0 bridgehead atoms. The first-order valence-electron chi connectivity index (χ1n) is 6.95. The largest absolute Gasteiger partial charge is 0.468 e. The molecule has 1 aromatic carbocycles. The van der Waals surface area contributed by atoms with E-state index in [0.29, 0.717) is 6.54 Å². The lowest BCUT2D eigenvalue weighted by atomic mass is 9.93. The highest BCUT2D eigenvalue weighted by molar-refractivity contribution is 5.82. The lowest BCUT2D eigenvalue weighted by Gasteiger charge is -2.32. The van der Waals surface area contributed by atoms with Gasteiger partial charge in [0.25, 0.3) is 0 Å². The number of nitrogens with two attached hydrogens (primary N) is 1. The van der Waals surface area contributed by atoms with Crippen molar-refractivity contribution in [3.05, 3.63) is 29.6 Å². The Balaban J connectivity index is 1.85. The van der Waals surface area contributed by atoms with Crippen LogP contribution in [-0.2, 0) is 16.0 Å². The van der Waals surface area contributed by atoms with Gasteiger partial charge in [-0.1, -0.05) is 6.07 Å². The maximum Gasteiger partial charge on any atom is 0.327 e. The minimum absolute atomic E-state index is 0.174. The van der Waals surface area contributed by atoms with Crippen molar-refractivity contribution in [3.63, 3.8) is 0 Å². The third-order valence-electron chi connectivity index (χ3n) is 4.36. The predicted octanol–water partition coefficient (Wildman–Crippen LogP) is 1.47. The number of carbonyl (C=O) groups is 1. The van der Waals surface area contributed by atoms with E-state index in [4.69, 9.17) is 10.5 Å². The van der Waals surface area contributed by atoms with E-state index in [2.05, 4.69) is 0 Å². The molecule has 0 aromatic heterocycles. The van der Waals surface area contributed by atoms with E-state index in [0.717, 1.165) is 37.1 Å². The lowest BCUT2D eigenvalue weighted by Crippen LogP contribution is -2.58. The summed E-state index contributed by atoms with van der Waals surface area (Å²) in [5.74, 6) is -0.458. The molecule has 3 rings (SSSR count). The Kier molecular flexibility index (Phi) is 3.17. The van der Waals surface area contributed by atoms with Crippen LogP contribution in [-0.4, -0.2) is 31.7 Å². The van der Waals surface area contributed by atoms with Gasteiger partial charge in [0.15, 0.2) is 0 Å². The number of ether oxygens (including phenoxy) is 1. The number of esters is 1. The molecule has 0 saturated heterocycles. The van der Waals surface area contributed by atoms with Crippen LogP contribution in [0, 0.1) is 11.7 Å². The number of halogens is 1. The summed E-state index contributed by atoms with van der Waals surface area (Å²) in [6.07, 6.45) is 2.77. The van der Waals surface area contributed by atoms with Crippen LogP contribution in [0.2, 0.25) is 0 Å². The van der Waals surface area contributed by atoms with Crippen molar-refractivity contribution in [2.45, 2.75) is 24.8 Å². The molecule has 1 saturated carbocycles. The predicted molar refractivity (Wildman–Crippen MR) is 74.0 cm³/mol. The molecule has 1 aliphatic carbocycles. The van der Waals surface area contributed by atoms with Gasteiger partial charge < -0.3 is 15.4 Å². The maximum atomic E-state index is 13.4. The summed E-state index contributed by atoms with van der Waals surface area (Å²) in [6, 6.07) is 4.80. The average Bonchev–Trinajstić information content (AvgIpc) is 3.23. The number of hydrogen-bond acceptors (Lipinski definition) is 4. The number of carbonyl (C=O) groups excluding carboxylic acids is 1. The first-order valence-corrected chi connectivity index (χ1v) is 6.95. The SMILES string of the molecule is COC(=O)C(N)(CN1CCc2ccc(F)cc21)C1CC1. The summed E-state index contributed by atoms with van der Waals surface area (Å²) in [6.45, 7) is 1.16. The van der Waals surface area contributed by atoms with E-state index in [1.165, 1.54) is 19.2 Å². The fourth-order valence-electron chi connectivity index (χ4n) is 3.05. The van der Waals surface area contributed by atoms with Crippen LogP contribution in [0.4, 0.5) is 10.1 Å². The van der Waals surface area contributed by atoms with Crippen molar-refractivity contribution in [2.24, 2.45) is 11.7 Å². The standard InChI is InChI=1S/C15H19FN2O2/c1-20-14(19)15(17,11-3-4-11)9-18-7-6-10-2-5-12(16)8-13(10)18/h2,5,8,11H,3-4,6-7,9,17H2,1H3. The zero-order valence-electron chi connectivity index (χ0n) is 11.6. The zero-order chi connectivity index (χ0) is 14.3. The van der Waals surface area contributed by atoms with E-state index in [-0.39, 0.29) is 17.7 Å². The van der Waals surface area contributed by atoms with Gasteiger partial charge in [-0.15, -0.1) is 0 Å². The fraction of sp³-hybridized carbons (Fsp3) is 0.533. The molecule has 0 spiro atoms. The van der Waals surface area contributed by atoms with Crippen molar-refractivity contribution in [1.82, 2.24) is 0 Å². The average molecular weight is 278 g/mol. The molecule has 5 heteroatoms. The summed E-state index contributed by atoms with van der Waals surface area (Å²) >= 11 is 0. The molecule has 20 heavy (non-hydrogen) atoms. The van der Waals surface area contributed by atoms with Gasteiger partial charge in [0.1, 0.15) is 11.4 Å². The molecule has 1 fully saturated rings. The third-order valence-corrected chi connectivity index (χ3v) is 4.36. The van der Waals surface area contributed by atoms with Crippen molar-refractivity contribution in [1.29, 1.82) is 0 Å². The number of methoxy groups -OCH3 is 1. The van der Waals surface area contributed by atoms with Crippen LogP contribution in [0.25, 0.3) is 0 Å². The molecule has 4 nitrogen and oxygen atoms in total. The van der Waals surface area contributed by atoms with E-state index >= 15 is 0 Å². The van der Waals surface area contributed by atoms with Gasteiger partial charge in [-0.2, -0.15) is 0 Å². The summed E-state index contributed by atoms with van der Waals surface area (Å²) < 4.78 is 18.3. The van der Waals surface area contributed by atoms with E-state index in [9.17, 15) is 9.18 Å². The quantitative estimate of drug-likeness (QED) is 0.847. The maximum absolute atomic E-state index is 13.4. The van der Waals surface area contributed by atoms with Crippen LogP contribution in [0.1, 0.15) is 18.4 Å². The van der Waals surface area contributed by atoms with E-state index in [1.54, 1.807) is 6.07 Å². The number of fused-ring (bicyclic) bond motifs is 1. The fourth-order valence-corrected chi connectivity index (χ4v) is 3.05. The minimum Gasteiger partial charge on any atom is -0.468 e. The Bertz CT molecular complexity index is 545. The summed E-state index contributed by atoms with van der Waals surface area (Å²) in [4.78, 5) is 14.0. The van der Waals surface area contributed by atoms with Crippen LogP contribution in [0.5, 0.6) is 0 Å². The van der Waals surface area contributed by atoms with Gasteiger partial charge in [-0.25, -0.2) is 9.18 Å². The molecule has 1 aromatic rings. The molecule has 1 aliphatic heterocycles. The summed E-state index contributed by atoms with van der Waals surface area (Å²) in [5, 5.41) is 0. The Morgan fingerprint density at radius 3 is 2.95 bits per heavy atom. The molecule has 0 radical (unpaired) electrons. The lowest BCUT2D eigenvalue weighted by molar-refractivity contribution is -0.147. The Hall–Kier alpha value is -1.62. The van der Waals surface area contributed by atoms with Gasteiger partial charge in [0.2, 0.25) is 0 Å². The molecule has 2 aliphatic rings. The molecule has 1 atom stereocenters. The highest BCUT2D eigenvalue weighted by atomic mass is 19.1. The number of nitrogens with zero attached hydrogens (tertiary/aromatic N) is 1. The molecular weight excluding hydrogens is 259 g/mol. The van der Waals surface area contributed by atoms with Crippen LogP contribution in [0.3, 0.4) is 0 Å². The van der Waals surface area contributed by atoms with Crippen molar-refractivity contribution in [3.8, 4) is 0 Å². The topological polar surface area (TPSA) is 55.6 Å². The van der Waals surface area contributed by atoms with Crippen LogP contribution >= 0.6 is 0 Å². The minimum atomic E-state index is -0.983. The molecular formula is C15H19FN2O2. The Labute approximate surface area is 117 Å². The molecule has 2 N–H and O–H groups in total. The van der Waals surface area contributed by atoms with Crippen molar-refractivity contribution < 1.29 is 13.9 Å². The second-order valence-corrected chi connectivity index (χ2v) is 5.75. The number of benzene rings is 1. The molecule has 108 valence electrons. The number of anilines is 1. The molecule has 1 heterocycles. The second-order valence-electron chi connectivity index (χ2n) is 5.75. The summed E-state index contributed by atoms with van der Waals surface area (Å²) in [5.41, 5.74) is 7.30. The smallest absolute Gasteiger partial charge is 0.327 e. The summed E-state index contributed by atoms with van der Waals surface area (Å²) in [7, 11) is 1.36. The van der Waals surface area contributed by atoms with E-state index < -0.39 is 5.54 Å². The monoisotopic (exact) mass is 278 g/mol. The van der Waals surface area contributed by atoms with Gasteiger partial charge in [0.05, 0.1) is 7.11 Å². The first-order chi connectivity index (χ1) is 9.54. The first kappa shape index (κ1) is 13.4. The van der Waals surface area contributed by atoms with Gasteiger partial charge >= 0.3 is 5.97 Å². The van der Waals surface area contributed by atoms with Crippen LogP contribution < -0.4 is 10.6 Å². The van der Waals surface area contributed by atoms with Crippen molar-refractivity contribution in [2.75, 3.05) is 25.1 Å². The molecule has 1 unspecified atom stereocenters. The van der Waals surface area contributed by atoms with Crippen LogP contribution in [0.15, 0.2) is 18.2 Å². The highest BCUT2D eigenvalue weighted by Gasteiger charge is 2.50. The van der Waals surface area contributed by atoms with E-state index in [1.807, 2.05) is 4.90 Å². The highest BCUT2D eigenvalue weighted by Crippen LogP contribution is 2.41. The number of rotatable bonds is 4. The second kappa shape index (κ2) is 4.74. The van der Waals surface area contributed by atoms with Gasteiger partial charge in [-0.3, -0.25) is 0 Å². The van der Waals surface area contributed by atoms with Crippen molar-refractivity contribution >= 4 is 11.7 Å². The zero-order valence-corrected chi connectivity index (χ0v) is 11.6. The van der Waals surface area contributed by atoms with Gasteiger partial charge in [0, 0.05) is 18.8 Å². The third kappa shape index (κ3) is 2.16. The van der Waals surface area contributed by atoms with Gasteiger partial charge in [-0.05, 0) is 42.9 Å². The Morgan fingerprint density at radius 1 is 1.55 bits per heavy atom. The normalized spacial score (nSPS) is 20.4. The Morgan fingerprint density at radius 2 is 2.30 bits per heavy atom. The molecule has 0 amide bonds.